The van der Waals surface area contributed by atoms with E-state index in [1.54, 1.807) is 12.5 Å². The van der Waals surface area contributed by atoms with E-state index < -0.39 is 6.04 Å². The third kappa shape index (κ3) is 4.72. The maximum atomic E-state index is 12.0. The second-order valence-corrected chi connectivity index (χ2v) is 5.17. The van der Waals surface area contributed by atoms with Gasteiger partial charge in [-0.2, -0.15) is 0 Å². The highest BCUT2D eigenvalue weighted by Gasteiger charge is 2.12. The van der Waals surface area contributed by atoms with Gasteiger partial charge in [0.1, 0.15) is 0 Å². The van der Waals surface area contributed by atoms with E-state index in [1.807, 2.05) is 35.0 Å². The number of carbonyl (C=O) groups is 1. The van der Waals surface area contributed by atoms with Gasteiger partial charge in [0.2, 0.25) is 5.91 Å². The third-order valence-electron chi connectivity index (χ3n) is 3.32. The smallest absolute Gasteiger partial charge is 0.241 e. The largest absolute Gasteiger partial charge is 0.333 e. The number of anilines is 1. The van der Waals surface area contributed by atoms with E-state index in [2.05, 4.69) is 17.2 Å². The summed E-state index contributed by atoms with van der Waals surface area (Å²) in [5.74, 6) is -0.122. The summed E-state index contributed by atoms with van der Waals surface area (Å²) < 4.78 is 1.98. The monoisotopic (exact) mass is 286 g/mol. The summed E-state index contributed by atoms with van der Waals surface area (Å²) in [6.07, 6.45) is 8.16. The van der Waals surface area contributed by atoms with E-state index in [4.69, 9.17) is 5.73 Å². The van der Waals surface area contributed by atoms with Crippen LogP contribution >= 0.6 is 0 Å². The van der Waals surface area contributed by atoms with Crippen molar-refractivity contribution in [1.82, 2.24) is 9.55 Å². The van der Waals surface area contributed by atoms with Crippen molar-refractivity contribution in [1.29, 1.82) is 0 Å². The Morgan fingerprint density at radius 1 is 1.48 bits per heavy atom. The molecule has 0 bridgehead atoms. The molecule has 0 unspecified atom stereocenters. The van der Waals surface area contributed by atoms with E-state index in [1.165, 1.54) is 0 Å². The van der Waals surface area contributed by atoms with Crippen molar-refractivity contribution in [2.24, 2.45) is 5.73 Å². The molecular weight excluding hydrogens is 264 g/mol. The molecule has 0 spiro atoms. The van der Waals surface area contributed by atoms with Gasteiger partial charge < -0.3 is 15.6 Å². The standard InChI is InChI=1S/C16H22N4O/c1-2-3-7-15(17)16(21)19-14-6-4-5-13(10-14)11-20-9-8-18-12-20/h4-6,8-10,12,15H,2-3,7,11,17H2,1H3,(H,19,21)/t15-/m0/s1. The number of nitrogens with zero attached hydrogens (tertiary/aromatic N) is 2. The number of imidazole rings is 1. The second-order valence-electron chi connectivity index (χ2n) is 5.17. The first-order valence-corrected chi connectivity index (χ1v) is 7.30. The molecule has 0 aliphatic carbocycles. The highest BCUT2D eigenvalue weighted by atomic mass is 16.2. The molecule has 1 heterocycles. The fourth-order valence-electron chi connectivity index (χ4n) is 2.13. The van der Waals surface area contributed by atoms with E-state index in [0.29, 0.717) is 0 Å². The van der Waals surface area contributed by atoms with Crippen LogP contribution in [0.2, 0.25) is 0 Å². The lowest BCUT2D eigenvalue weighted by atomic mass is 10.1. The first-order chi connectivity index (χ1) is 10.2. The predicted octanol–water partition coefficient (Wildman–Crippen LogP) is 2.39. The molecule has 112 valence electrons. The van der Waals surface area contributed by atoms with Gasteiger partial charge in [-0.3, -0.25) is 4.79 Å². The lowest BCUT2D eigenvalue weighted by molar-refractivity contribution is -0.117. The predicted molar refractivity (Wildman–Crippen MR) is 83.9 cm³/mol. The average molecular weight is 286 g/mol. The lowest BCUT2D eigenvalue weighted by Gasteiger charge is -2.12. The number of aromatic nitrogens is 2. The van der Waals surface area contributed by atoms with Crippen LogP contribution in [-0.2, 0) is 11.3 Å². The Labute approximate surface area is 125 Å². The summed E-state index contributed by atoms with van der Waals surface area (Å²) in [6, 6.07) is 7.35. The minimum absolute atomic E-state index is 0.122. The normalized spacial score (nSPS) is 12.1. The zero-order valence-electron chi connectivity index (χ0n) is 12.3. The molecular formula is C16H22N4O. The summed E-state index contributed by atoms with van der Waals surface area (Å²) in [5.41, 5.74) is 7.76. The van der Waals surface area contributed by atoms with Crippen LogP contribution in [0.25, 0.3) is 0 Å². The third-order valence-corrected chi connectivity index (χ3v) is 3.32. The molecule has 21 heavy (non-hydrogen) atoms. The lowest BCUT2D eigenvalue weighted by Crippen LogP contribution is -2.35. The van der Waals surface area contributed by atoms with Crippen LogP contribution in [0.15, 0.2) is 43.0 Å². The first-order valence-electron chi connectivity index (χ1n) is 7.30. The molecule has 0 saturated carbocycles. The Balaban J connectivity index is 1.96. The molecule has 0 radical (unpaired) electrons. The van der Waals surface area contributed by atoms with Gasteiger partial charge in [-0.05, 0) is 24.1 Å². The Morgan fingerprint density at radius 3 is 3.05 bits per heavy atom. The first kappa shape index (κ1) is 15.3. The van der Waals surface area contributed by atoms with Crippen molar-refractivity contribution < 1.29 is 4.79 Å². The van der Waals surface area contributed by atoms with Crippen molar-refractivity contribution in [3.8, 4) is 0 Å². The van der Waals surface area contributed by atoms with Gasteiger partial charge >= 0.3 is 0 Å². The Morgan fingerprint density at radius 2 is 2.33 bits per heavy atom. The minimum Gasteiger partial charge on any atom is -0.333 e. The van der Waals surface area contributed by atoms with Gasteiger partial charge in [0.25, 0.3) is 0 Å². The summed E-state index contributed by atoms with van der Waals surface area (Å²) >= 11 is 0. The van der Waals surface area contributed by atoms with Crippen molar-refractivity contribution in [3.63, 3.8) is 0 Å². The number of nitrogens with two attached hydrogens (primary N) is 1. The van der Waals surface area contributed by atoms with E-state index >= 15 is 0 Å². The summed E-state index contributed by atoms with van der Waals surface area (Å²) in [6.45, 7) is 2.82. The SMILES string of the molecule is CCCC[C@H](N)C(=O)Nc1cccc(Cn2ccnc2)c1. The van der Waals surface area contributed by atoms with E-state index in [-0.39, 0.29) is 5.91 Å². The number of amides is 1. The number of hydrogen-bond acceptors (Lipinski definition) is 3. The van der Waals surface area contributed by atoms with Crippen LogP contribution in [0.3, 0.4) is 0 Å². The molecule has 1 aromatic carbocycles. The Kier molecular flexibility index (Phi) is 5.51. The van der Waals surface area contributed by atoms with Crippen LogP contribution in [0, 0.1) is 0 Å². The molecule has 3 N–H and O–H groups in total. The number of nitrogens with one attached hydrogen (secondary N) is 1. The van der Waals surface area contributed by atoms with Crippen LogP contribution in [0.1, 0.15) is 31.7 Å². The zero-order chi connectivity index (χ0) is 15.1. The quantitative estimate of drug-likeness (QED) is 0.820. The molecule has 2 aromatic rings. The summed E-state index contributed by atoms with van der Waals surface area (Å²) in [5, 5.41) is 2.88. The van der Waals surface area contributed by atoms with Gasteiger partial charge in [-0.25, -0.2) is 4.98 Å². The van der Waals surface area contributed by atoms with E-state index in [9.17, 15) is 4.79 Å². The van der Waals surface area contributed by atoms with Gasteiger partial charge in [0, 0.05) is 24.6 Å². The highest BCUT2D eigenvalue weighted by molar-refractivity contribution is 5.94. The van der Waals surface area contributed by atoms with Crippen LogP contribution < -0.4 is 11.1 Å². The molecule has 0 saturated heterocycles. The van der Waals surface area contributed by atoms with Crippen LogP contribution in [-0.4, -0.2) is 21.5 Å². The van der Waals surface area contributed by atoms with Gasteiger partial charge in [-0.1, -0.05) is 31.9 Å². The van der Waals surface area contributed by atoms with Gasteiger partial charge in [0.05, 0.1) is 12.4 Å². The topological polar surface area (TPSA) is 72.9 Å². The number of carbonyl (C=O) groups excluding carboxylic acids is 1. The Hall–Kier alpha value is -2.14. The highest BCUT2D eigenvalue weighted by Crippen LogP contribution is 2.13. The van der Waals surface area contributed by atoms with Gasteiger partial charge in [-0.15, -0.1) is 0 Å². The molecule has 5 nitrogen and oxygen atoms in total. The summed E-state index contributed by atoms with van der Waals surface area (Å²) in [7, 11) is 0. The van der Waals surface area contributed by atoms with Crippen molar-refractivity contribution in [3.05, 3.63) is 48.5 Å². The molecule has 0 aliphatic heterocycles. The maximum absolute atomic E-state index is 12.0. The number of rotatable bonds is 7. The fourth-order valence-corrected chi connectivity index (χ4v) is 2.13. The number of benzene rings is 1. The zero-order valence-corrected chi connectivity index (χ0v) is 12.3. The van der Waals surface area contributed by atoms with Gasteiger partial charge in [0.15, 0.2) is 0 Å². The van der Waals surface area contributed by atoms with Crippen molar-refractivity contribution in [2.45, 2.75) is 38.8 Å². The molecule has 2 rings (SSSR count). The molecule has 1 atom stereocenters. The molecule has 0 aliphatic rings. The maximum Gasteiger partial charge on any atom is 0.241 e. The molecule has 1 amide bonds. The van der Waals surface area contributed by atoms with Crippen LogP contribution in [0.4, 0.5) is 5.69 Å². The van der Waals surface area contributed by atoms with Crippen molar-refractivity contribution >= 4 is 11.6 Å². The molecule has 1 aromatic heterocycles. The molecule has 5 heteroatoms. The second kappa shape index (κ2) is 7.59. The number of hydrogen-bond donors (Lipinski definition) is 2. The fraction of sp³-hybridized carbons (Fsp3) is 0.375. The summed E-state index contributed by atoms with van der Waals surface area (Å²) in [4.78, 5) is 16.0. The average Bonchev–Trinajstić information content (AvgIpc) is 2.98. The Bertz CT molecular complexity index is 565. The van der Waals surface area contributed by atoms with E-state index in [0.717, 1.165) is 37.1 Å². The van der Waals surface area contributed by atoms with Crippen LogP contribution in [0.5, 0.6) is 0 Å². The van der Waals surface area contributed by atoms with Crippen molar-refractivity contribution in [2.75, 3.05) is 5.32 Å². The minimum atomic E-state index is -0.442. The number of unbranched alkanes of at least 4 members (excludes halogenated alkanes) is 1. The molecule has 0 fully saturated rings.